The Labute approximate surface area is 190 Å². The van der Waals surface area contributed by atoms with Crippen molar-refractivity contribution in [1.82, 2.24) is 0 Å². The summed E-state index contributed by atoms with van der Waals surface area (Å²) in [6.45, 7) is 11.5. The summed E-state index contributed by atoms with van der Waals surface area (Å²) in [7, 11) is 1.88. The second-order valence-corrected chi connectivity index (χ2v) is 11.6. The molecule has 4 rings (SSSR count). The van der Waals surface area contributed by atoms with Crippen LogP contribution in [0.4, 0.5) is 0 Å². The van der Waals surface area contributed by atoms with Crippen LogP contribution in [-0.2, 0) is 14.3 Å². The lowest BCUT2D eigenvalue weighted by Crippen LogP contribution is -2.51. The van der Waals surface area contributed by atoms with Crippen LogP contribution in [0.1, 0.15) is 85.0 Å². The van der Waals surface area contributed by atoms with Crippen molar-refractivity contribution in [3.05, 3.63) is 24.3 Å². The van der Waals surface area contributed by atoms with Crippen molar-refractivity contribution in [3.8, 4) is 0 Å². The maximum absolute atomic E-state index is 12.0. The van der Waals surface area contributed by atoms with Gasteiger partial charge in [-0.3, -0.25) is 4.79 Å². The number of ether oxygens (including phenoxy) is 2. The quantitative estimate of drug-likeness (QED) is 0.333. The third kappa shape index (κ3) is 4.05. The Morgan fingerprint density at radius 1 is 1.23 bits per heavy atom. The van der Waals surface area contributed by atoms with Crippen molar-refractivity contribution in [2.45, 2.75) is 91.1 Å². The Bertz CT molecular complexity index is 711. The summed E-state index contributed by atoms with van der Waals surface area (Å²) in [5.74, 6) is 3.81. The lowest BCUT2D eigenvalue weighted by molar-refractivity contribution is -0.143. The minimum Gasteiger partial charge on any atom is -0.461 e. The minimum absolute atomic E-state index is 0.0697. The van der Waals surface area contributed by atoms with E-state index in [0.717, 1.165) is 36.5 Å². The first-order valence-electron chi connectivity index (χ1n) is 12.8. The average molecular weight is 429 g/mol. The lowest BCUT2D eigenvalue weighted by atomic mass is 9.47. The van der Waals surface area contributed by atoms with Gasteiger partial charge in [0.25, 0.3) is 0 Å². The Morgan fingerprint density at radius 3 is 2.77 bits per heavy atom. The van der Waals surface area contributed by atoms with E-state index in [1.54, 1.807) is 11.6 Å². The molecule has 3 fully saturated rings. The third-order valence-electron chi connectivity index (χ3n) is 10.3. The van der Waals surface area contributed by atoms with Crippen LogP contribution in [0.3, 0.4) is 0 Å². The summed E-state index contributed by atoms with van der Waals surface area (Å²) in [5.41, 5.74) is 2.55. The first-order valence-corrected chi connectivity index (χ1v) is 12.8. The Hall–Kier alpha value is -1.09. The van der Waals surface area contributed by atoms with Gasteiger partial charge < -0.3 is 9.47 Å². The monoisotopic (exact) mass is 428 g/mol. The summed E-state index contributed by atoms with van der Waals surface area (Å²) in [4.78, 5) is 12.0. The molecule has 0 aromatic carbocycles. The maximum atomic E-state index is 12.0. The van der Waals surface area contributed by atoms with Gasteiger partial charge in [-0.2, -0.15) is 0 Å². The van der Waals surface area contributed by atoms with Crippen LogP contribution < -0.4 is 0 Å². The molecule has 0 N–H and O–H groups in total. The van der Waals surface area contributed by atoms with Crippen molar-refractivity contribution in [2.75, 3.05) is 13.7 Å². The van der Waals surface area contributed by atoms with Gasteiger partial charge in [-0.25, -0.2) is 0 Å². The maximum Gasteiger partial charge on any atom is 0.306 e. The van der Waals surface area contributed by atoms with Crippen LogP contribution in [0.5, 0.6) is 0 Å². The van der Waals surface area contributed by atoms with Gasteiger partial charge in [-0.15, -0.1) is 0 Å². The van der Waals surface area contributed by atoms with Crippen LogP contribution in [0.25, 0.3) is 0 Å². The van der Waals surface area contributed by atoms with Gasteiger partial charge in [-0.1, -0.05) is 45.1 Å². The van der Waals surface area contributed by atoms with E-state index in [0.29, 0.717) is 35.9 Å². The van der Waals surface area contributed by atoms with Gasteiger partial charge in [0.2, 0.25) is 0 Å². The van der Waals surface area contributed by atoms with Crippen LogP contribution in [0.2, 0.25) is 0 Å². The molecular weight excluding hydrogens is 384 g/mol. The average Bonchev–Trinajstić information content (AvgIpc) is 3.12. The second-order valence-electron chi connectivity index (χ2n) is 11.6. The summed E-state index contributed by atoms with van der Waals surface area (Å²) in [6, 6.07) is 0. The molecule has 3 saturated carbocycles. The molecular formula is C28H44O3. The third-order valence-corrected chi connectivity index (χ3v) is 10.3. The highest BCUT2D eigenvalue weighted by Gasteiger charge is 2.59. The number of esters is 1. The zero-order valence-corrected chi connectivity index (χ0v) is 20.3. The summed E-state index contributed by atoms with van der Waals surface area (Å²) in [5, 5.41) is 0. The molecule has 0 aliphatic heterocycles. The number of carbonyl (C=O) groups is 1. The molecule has 0 spiro atoms. The molecule has 174 valence electrons. The zero-order chi connectivity index (χ0) is 22.2. The van der Waals surface area contributed by atoms with E-state index >= 15 is 0 Å². The SMILES string of the molecule is C=CCOC(=O)CC[C@@H](C)[C@H]1CC[C@H]2[C@@H]3CC=C4CC(OC)CC[C@]4(C)[C@H]3CC[C@]12C. The number of allylic oxidation sites excluding steroid dienone is 1. The van der Waals surface area contributed by atoms with Gasteiger partial charge in [0, 0.05) is 13.5 Å². The molecule has 0 aromatic rings. The fourth-order valence-corrected chi connectivity index (χ4v) is 8.57. The normalized spacial score (nSPS) is 42.6. The molecule has 0 radical (unpaired) electrons. The minimum atomic E-state index is -0.0697. The van der Waals surface area contributed by atoms with Crippen LogP contribution in [-0.4, -0.2) is 25.8 Å². The molecule has 4 aliphatic rings. The molecule has 3 nitrogen and oxygen atoms in total. The lowest BCUT2D eigenvalue weighted by Gasteiger charge is -2.58. The van der Waals surface area contributed by atoms with Gasteiger partial charge in [-0.05, 0) is 98.2 Å². The van der Waals surface area contributed by atoms with E-state index in [-0.39, 0.29) is 5.97 Å². The van der Waals surface area contributed by atoms with E-state index in [9.17, 15) is 4.79 Å². The predicted molar refractivity (Wildman–Crippen MR) is 126 cm³/mol. The predicted octanol–water partition coefficient (Wildman–Crippen LogP) is 6.73. The molecule has 4 aliphatic carbocycles. The molecule has 3 heteroatoms. The standard InChI is InChI=1S/C28H44O3/c1-6-17-31-26(29)12-7-19(2)23-10-11-24-22-9-8-20-18-21(30-5)13-15-27(20,3)25(22)14-16-28(23,24)4/h6,8,19,21-25H,1,7,9-18H2,2-5H3/t19-,21?,22+,23-,24+,25+,27+,28-/m1/s1. The van der Waals surface area contributed by atoms with E-state index in [2.05, 4.69) is 33.4 Å². The van der Waals surface area contributed by atoms with E-state index in [4.69, 9.17) is 9.47 Å². The number of fused-ring (bicyclic) bond motifs is 5. The smallest absolute Gasteiger partial charge is 0.306 e. The Kier molecular flexibility index (Phi) is 6.73. The molecule has 8 atom stereocenters. The molecule has 0 bridgehead atoms. The van der Waals surface area contributed by atoms with Crippen molar-refractivity contribution in [1.29, 1.82) is 0 Å². The highest BCUT2D eigenvalue weighted by atomic mass is 16.5. The largest absolute Gasteiger partial charge is 0.461 e. The van der Waals surface area contributed by atoms with Crippen molar-refractivity contribution >= 4 is 5.97 Å². The number of methoxy groups -OCH3 is 1. The fraction of sp³-hybridized carbons (Fsp3) is 0.821. The molecule has 0 aromatic heterocycles. The number of rotatable bonds is 7. The summed E-state index contributed by atoms with van der Waals surface area (Å²) >= 11 is 0. The molecule has 0 saturated heterocycles. The van der Waals surface area contributed by atoms with E-state index in [1.165, 1.54) is 44.9 Å². The Balaban J connectivity index is 1.44. The van der Waals surface area contributed by atoms with Gasteiger partial charge in [0.15, 0.2) is 0 Å². The van der Waals surface area contributed by atoms with Gasteiger partial charge in [0.1, 0.15) is 6.61 Å². The Morgan fingerprint density at radius 2 is 2.03 bits per heavy atom. The fourth-order valence-electron chi connectivity index (χ4n) is 8.57. The van der Waals surface area contributed by atoms with Crippen molar-refractivity contribution in [2.24, 2.45) is 40.4 Å². The summed E-state index contributed by atoms with van der Waals surface area (Å²) < 4.78 is 10.9. The zero-order valence-electron chi connectivity index (χ0n) is 20.3. The first kappa shape index (κ1) is 23.1. The van der Waals surface area contributed by atoms with Crippen molar-refractivity contribution < 1.29 is 14.3 Å². The number of carbonyl (C=O) groups excluding carboxylic acids is 1. The molecule has 0 heterocycles. The molecule has 31 heavy (non-hydrogen) atoms. The number of hydrogen-bond acceptors (Lipinski definition) is 3. The molecule has 0 amide bonds. The first-order chi connectivity index (χ1) is 14.8. The highest BCUT2D eigenvalue weighted by Crippen LogP contribution is 2.67. The van der Waals surface area contributed by atoms with Crippen LogP contribution in [0, 0.1) is 40.4 Å². The summed E-state index contributed by atoms with van der Waals surface area (Å²) in [6.07, 6.45) is 16.6. The van der Waals surface area contributed by atoms with Crippen LogP contribution in [0.15, 0.2) is 24.3 Å². The van der Waals surface area contributed by atoms with Crippen LogP contribution >= 0.6 is 0 Å². The van der Waals surface area contributed by atoms with Gasteiger partial charge in [0.05, 0.1) is 6.10 Å². The van der Waals surface area contributed by atoms with E-state index in [1.807, 2.05) is 7.11 Å². The molecule has 1 unspecified atom stereocenters. The highest BCUT2D eigenvalue weighted by molar-refractivity contribution is 5.69. The van der Waals surface area contributed by atoms with Gasteiger partial charge >= 0.3 is 5.97 Å². The second kappa shape index (κ2) is 9.04. The topological polar surface area (TPSA) is 35.5 Å². The number of hydrogen-bond donors (Lipinski definition) is 0. The van der Waals surface area contributed by atoms with Crippen molar-refractivity contribution in [3.63, 3.8) is 0 Å². The van der Waals surface area contributed by atoms with E-state index < -0.39 is 0 Å².